The van der Waals surface area contributed by atoms with Gasteiger partial charge >= 0.3 is 12.3 Å². The fraction of sp³-hybridized carbons (Fsp3) is 0.300. The smallest absolute Gasteiger partial charge is 0.305 e. The first-order valence-electron chi connectivity index (χ1n) is 4.96. The third kappa shape index (κ3) is 2.22. The van der Waals surface area contributed by atoms with Gasteiger partial charge in [-0.15, -0.1) is 0 Å². The average molecular weight is 340 g/mol. The lowest BCUT2D eigenvalue weighted by molar-refractivity contribution is -0.140. The van der Waals surface area contributed by atoms with E-state index in [-0.39, 0.29) is 15.4 Å². The maximum atomic E-state index is 13.2. The Bertz CT molecular complexity index is 701. The Balaban J connectivity index is 2.81. The first kappa shape index (κ1) is 13.9. The molecule has 0 saturated heterocycles. The molecule has 0 aliphatic rings. The number of aromatic amines is 1. The van der Waals surface area contributed by atoms with Gasteiger partial charge in [0.15, 0.2) is 5.82 Å². The minimum atomic E-state index is -4.52. The fourth-order valence-electron chi connectivity index (χ4n) is 1.42. The van der Waals surface area contributed by atoms with Gasteiger partial charge in [-0.25, -0.2) is 13.8 Å². The number of rotatable bonds is 2. The van der Waals surface area contributed by atoms with Crippen LogP contribution in [0.25, 0.3) is 10.9 Å². The van der Waals surface area contributed by atoms with Gasteiger partial charge in [0, 0.05) is 6.20 Å². The number of hydrogen-bond donors (Lipinski definition) is 1. The zero-order valence-corrected chi connectivity index (χ0v) is 10.9. The molecule has 0 spiro atoms. The summed E-state index contributed by atoms with van der Waals surface area (Å²) in [5.74, 6) is -5.89. The molecule has 2 aromatic rings. The van der Waals surface area contributed by atoms with Crippen LogP contribution < -0.4 is 5.56 Å². The van der Waals surface area contributed by atoms with E-state index in [4.69, 9.17) is 0 Å². The minimum absolute atomic E-state index is 0.0636. The zero-order chi connectivity index (χ0) is 14.4. The molecule has 0 radical (unpaired) electrons. The van der Waals surface area contributed by atoms with Gasteiger partial charge in [-0.2, -0.15) is 8.78 Å². The third-order valence-electron chi connectivity index (χ3n) is 2.46. The summed E-state index contributed by atoms with van der Waals surface area (Å²) < 4.78 is 51.2. The van der Waals surface area contributed by atoms with Crippen molar-refractivity contribution in [3.05, 3.63) is 32.5 Å². The number of fused-ring (bicyclic) bond motifs is 1. The number of nitrogens with one attached hydrogen (secondary N) is 1. The number of alkyl halides is 4. The predicted octanol–water partition coefficient (Wildman–Crippen LogP) is 2.75. The van der Waals surface area contributed by atoms with E-state index in [0.29, 0.717) is 5.69 Å². The average Bonchev–Trinajstić information content (AvgIpc) is 2.33. The molecule has 0 atom stereocenters. The van der Waals surface area contributed by atoms with E-state index < -0.39 is 23.7 Å². The van der Waals surface area contributed by atoms with Crippen molar-refractivity contribution in [2.45, 2.75) is 19.3 Å². The van der Waals surface area contributed by atoms with Gasteiger partial charge in [0.2, 0.25) is 0 Å². The molecule has 2 aromatic heterocycles. The summed E-state index contributed by atoms with van der Waals surface area (Å²) in [5.41, 5.74) is -0.683. The van der Waals surface area contributed by atoms with Crippen LogP contribution in [-0.4, -0.2) is 21.4 Å². The molecule has 102 valence electrons. The van der Waals surface area contributed by atoms with Crippen LogP contribution in [0.2, 0.25) is 0 Å². The second kappa shape index (κ2) is 4.55. The first-order chi connectivity index (χ1) is 8.75. The molecule has 9 heteroatoms. The highest BCUT2D eigenvalue weighted by molar-refractivity contribution is 9.10. The van der Waals surface area contributed by atoms with Crippen molar-refractivity contribution in [2.75, 3.05) is 0 Å². The molecule has 0 bridgehead atoms. The standard InChI is InChI=1S/C10H6BrF4N3O/c1-3-5(11)6-4(2-16-3)7(19)18-9(17-6)10(14,15)8(12)13/h2,8H,1H3,(H,17,18,19). The van der Waals surface area contributed by atoms with E-state index in [9.17, 15) is 22.4 Å². The maximum Gasteiger partial charge on any atom is 0.363 e. The van der Waals surface area contributed by atoms with Crippen molar-refractivity contribution >= 4 is 26.8 Å². The lowest BCUT2D eigenvalue weighted by Gasteiger charge is -2.14. The molecule has 2 heterocycles. The molecule has 4 nitrogen and oxygen atoms in total. The minimum Gasteiger partial charge on any atom is -0.305 e. The van der Waals surface area contributed by atoms with Gasteiger partial charge in [0.1, 0.15) is 0 Å². The van der Waals surface area contributed by atoms with Gasteiger partial charge in [-0.1, -0.05) is 0 Å². The van der Waals surface area contributed by atoms with Gasteiger partial charge in [0.05, 0.1) is 21.1 Å². The molecule has 0 amide bonds. The lowest BCUT2D eigenvalue weighted by atomic mass is 10.2. The molecule has 0 unspecified atom stereocenters. The number of H-pyrrole nitrogens is 1. The molecule has 0 aliphatic heterocycles. The lowest BCUT2D eigenvalue weighted by Crippen LogP contribution is -2.29. The van der Waals surface area contributed by atoms with Crippen molar-refractivity contribution < 1.29 is 17.6 Å². The Hall–Kier alpha value is -1.51. The summed E-state index contributed by atoms with van der Waals surface area (Å²) in [6, 6.07) is 0. The van der Waals surface area contributed by atoms with Crippen LogP contribution in [0.3, 0.4) is 0 Å². The van der Waals surface area contributed by atoms with E-state index in [1.165, 1.54) is 0 Å². The number of nitrogens with zero attached hydrogens (tertiary/aromatic N) is 2. The fourth-order valence-corrected chi connectivity index (χ4v) is 1.82. The second-order valence-electron chi connectivity index (χ2n) is 3.76. The highest BCUT2D eigenvalue weighted by atomic mass is 79.9. The topological polar surface area (TPSA) is 58.6 Å². The van der Waals surface area contributed by atoms with Crippen LogP contribution in [0.15, 0.2) is 15.5 Å². The van der Waals surface area contributed by atoms with Gasteiger partial charge < -0.3 is 4.98 Å². The molecule has 0 fully saturated rings. The highest BCUT2D eigenvalue weighted by Crippen LogP contribution is 2.33. The van der Waals surface area contributed by atoms with Crippen molar-refractivity contribution in [3.8, 4) is 0 Å². The van der Waals surface area contributed by atoms with Crippen LogP contribution in [0, 0.1) is 6.92 Å². The molecule has 2 rings (SSSR count). The predicted molar refractivity (Wildman–Crippen MR) is 62.5 cm³/mol. The van der Waals surface area contributed by atoms with Crippen molar-refractivity contribution in [3.63, 3.8) is 0 Å². The summed E-state index contributed by atoms with van der Waals surface area (Å²) in [6.07, 6.45) is -2.82. The number of halogens is 5. The molecule has 19 heavy (non-hydrogen) atoms. The summed E-state index contributed by atoms with van der Waals surface area (Å²) in [7, 11) is 0. The Kier molecular flexibility index (Phi) is 3.33. The third-order valence-corrected chi connectivity index (χ3v) is 3.41. The largest absolute Gasteiger partial charge is 0.363 e. The Morgan fingerprint density at radius 1 is 1.42 bits per heavy atom. The van der Waals surface area contributed by atoms with E-state index in [2.05, 4.69) is 25.9 Å². The van der Waals surface area contributed by atoms with Crippen LogP contribution in [0.5, 0.6) is 0 Å². The number of pyridine rings is 1. The normalized spacial score (nSPS) is 12.4. The summed E-state index contributed by atoms with van der Waals surface area (Å²) in [5, 5.41) is -0.0636. The van der Waals surface area contributed by atoms with Crippen LogP contribution in [0.4, 0.5) is 17.6 Å². The van der Waals surface area contributed by atoms with Crippen molar-refractivity contribution in [2.24, 2.45) is 0 Å². The van der Waals surface area contributed by atoms with Crippen LogP contribution in [-0.2, 0) is 5.92 Å². The summed E-state index contributed by atoms with van der Waals surface area (Å²) in [4.78, 5) is 20.5. The number of aromatic nitrogens is 3. The van der Waals surface area contributed by atoms with Crippen LogP contribution >= 0.6 is 15.9 Å². The molecular weight excluding hydrogens is 334 g/mol. The first-order valence-corrected chi connectivity index (χ1v) is 5.76. The Morgan fingerprint density at radius 2 is 2.05 bits per heavy atom. The van der Waals surface area contributed by atoms with Crippen molar-refractivity contribution in [1.29, 1.82) is 0 Å². The van der Waals surface area contributed by atoms with E-state index >= 15 is 0 Å². The zero-order valence-electron chi connectivity index (χ0n) is 9.35. The summed E-state index contributed by atoms with van der Waals surface area (Å²) >= 11 is 3.04. The Labute approximate surface area is 112 Å². The van der Waals surface area contributed by atoms with Gasteiger partial charge in [-0.3, -0.25) is 9.78 Å². The second-order valence-corrected chi connectivity index (χ2v) is 4.55. The quantitative estimate of drug-likeness (QED) is 0.856. The number of aryl methyl sites for hydroxylation is 1. The monoisotopic (exact) mass is 339 g/mol. The molecular formula is C10H6BrF4N3O. The molecule has 0 aromatic carbocycles. The molecule has 0 aliphatic carbocycles. The number of hydrogen-bond acceptors (Lipinski definition) is 3. The molecule has 1 N–H and O–H groups in total. The Morgan fingerprint density at radius 3 is 2.63 bits per heavy atom. The van der Waals surface area contributed by atoms with E-state index in [0.717, 1.165) is 6.20 Å². The highest BCUT2D eigenvalue weighted by Gasteiger charge is 2.45. The van der Waals surface area contributed by atoms with Gasteiger partial charge in [0.25, 0.3) is 5.56 Å². The van der Waals surface area contributed by atoms with E-state index in [1.807, 2.05) is 0 Å². The van der Waals surface area contributed by atoms with Gasteiger partial charge in [-0.05, 0) is 22.9 Å². The maximum absolute atomic E-state index is 13.2. The summed E-state index contributed by atoms with van der Waals surface area (Å²) in [6.45, 7) is 1.55. The van der Waals surface area contributed by atoms with Crippen molar-refractivity contribution in [1.82, 2.24) is 15.0 Å². The van der Waals surface area contributed by atoms with Crippen LogP contribution in [0.1, 0.15) is 11.5 Å². The van der Waals surface area contributed by atoms with E-state index in [1.54, 1.807) is 11.9 Å². The molecule has 0 saturated carbocycles. The SMILES string of the molecule is Cc1ncc2c(=O)[nH]c(C(F)(F)C(F)F)nc2c1Br.